The van der Waals surface area contributed by atoms with Gasteiger partial charge in [0.25, 0.3) is 0 Å². The monoisotopic (exact) mass is 198 g/mol. The molecule has 0 N–H and O–H groups in total. The number of unbranched alkanes of at least 4 members (excludes halogenated alkanes) is 1. The van der Waals surface area contributed by atoms with Crippen LogP contribution >= 0.6 is 0 Å². The molecule has 1 heteroatoms. The summed E-state index contributed by atoms with van der Waals surface area (Å²) in [4.78, 5) is 12.1. The first kappa shape index (κ1) is 13.7. The third kappa shape index (κ3) is 2.83. The Labute approximate surface area is 89.3 Å². The van der Waals surface area contributed by atoms with E-state index in [0.29, 0.717) is 5.78 Å². The van der Waals surface area contributed by atoms with Gasteiger partial charge < -0.3 is 0 Å². The molecule has 1 unspecified atom stereocenters. The smallest absolute Gasteiger partial charge is 0.139 e. The van der Waals surface area contributed by atoms with Gasteiger partial charge in [-0.3, -0.25) is 4.79 Å². The number of carbonyl (C=O) groups excluding carboxylic acids is 1. The van der Waals surface area contributed by atoms with Crippen LogP contribution in [-0.2, 0) is 4.79 Å². The van der Waals surface area contributed by atoms with Gasteiger partial charge in [0.15, 0.2) is 0 Å². The highest BCUT2D eigenvalue weighted by Crippen LogP contribution is 2.42. The molecule has 0 rings (SSSR count). The van der Waals surface area contributed by atoms with E-state index in [1.54, 1.807) is 0 Å². The van der Waals surface area contributed by atoms with Gasteiger partial charge in [-0.05, 0) is 18.3 Å². The molecule has 14 heavy (non-hydrogen) atoms. The van der Waals surface area contributed by atoms with Crippen molar-refractivity contribution in [2.75, 3.05) is 0 Å². The van der Waals surface area contributed by atoms with Gasteiger partial charge in [0.2, 0.25) is 0 Å². The van der Waals surface area contributed by atoms with Crippen LogP contribution in [0.4, 0.5) is 0 Å². The molecule has 0 aromatic heterocycles. The molecule has 84 valence electrons. The summed E-state index contributed by atoms with van der Waals surface area (Å²) in [7, 11) is 0. The van der Waals surface area contributed by atoms with Crippen molar-refractivity contribution in [1.29, 1.82) is 0 Å². The van der Waals surface area contributed by atoms with Crippen LogP contribution < -0.4 is 0 Å². The Morgan fingerprint density at radius 1 is 1.07 bits per heavy atom. The largest absolute Gasteiger partial charge is 0.299 e. The van der Waals surface area contributed by atoms with Crippen LogP contribution in [0.1, 0.15) is 67.2 Å². The van der Waals surface area contributed by atoms with Crippen LogP contribution in [-0.4, -0.2) is 5.78 Å². The first-order valence-corrected chi connectivity index (χ1v) is 5.83. The van der Waals surface area contributed by atoms with Crippen molar-refractivity contribution in [1.82, 2.24) is 0 Å². The molecule has 0 aliphatic heterocycles. The Kier molecular flexibility index (Phi) is 4.83. The summed E-state index contributed by atoms with van der Waals surface area (Å²) in [5.41, 5.74) is -0.0747. The third-order valence-corrected chi connectivity index (χ3v) is 3.74. The summed E-state index contributed by atoms with van der Waals surface area (Å²) in [5.74, 6) is 0.439. The number of hydrogen-bond acceptors (Lipinski definition) is 1. The molecule has 0 saturated carbocycles. The molecule has 0 bridgehead atoms. The molecule has 0 aliphatic rings. The minimum Gasteiger partial charge on any atom is -0.299 e. The third-order valence-electron chi connectivity index (χ3n) is 3.74. The maximum Gasteiger partial charge on any atom is 0.139 e. The number of carbonyl (C=O) groups is 1. The van der Waals surface area contributed by atoms with Crippen LogP contribution in [0, 0.1) is 10.8 Å². The predicted octanol–water partition coefficient (Wildman–Crippen LogP) is 4.21. The van der Waals surface area contributed by atoms with Crippen molar-refractivity contribution < 1.29 is 4.79 Å². The van der Waals surface area contributed by atoms with Crippen molar-refractivity contribution in [2.45, 2.75) is 67.2 Å². The molecule has 0 spiro atoms. The Bertz CT molecular complexity index is 188. The van der Waals surface area contributed by atoms with Gasteiger partial charge in [0.05, 0.1) is 0 Å². The van der Waals surface area contributed by atoms with Crippen molar-refractivity contribution in [2.24, 2.45) is 10.8 Å². The second-order valence-corrected chi connectivity index (χ2v) is 5.46. The van der Waals surface area contributed by atoms with E-state index in [1.165, 1.54) is 0 Å². The van der Waals surface area contributed by atoms with Crippen molar-refractivity contribution >= 4 is 5.78 Å². The lowest BCUT2D eigenvalue weighted by atomic mass is 9.63. The van der Waals surface area contributed by atoms with E-state index in [-0.39, 0.29) is 10.8 Å². The van der Waals surface area contributed by atoms with E-state index in [0.717, 1.165) is 25.7 Å². The van der Waals surface area contributed by atoms with E-state index in [9.17, 15) is 4.79 Å². The standard InChI is InChI=1S/C13H26O/c1-7-9-10-11(14)13(6,8-2)12(3,4)5/h7-10H2,1-6H3. The van der Waals surface area contributed by atoms with Crippen LogP contribution in [0.25, 0.3) is 0 Å². The maximum absolute atomic E-state index is 12.1. The SMILES string of the molecule is CCCCC(=O)C(C)(CC)C(C)(C)C. The first-order chi connectivity index (χ1) is 6.29. The molecular weight excluding hydrogens is 172 g/mol. The van der Waals surface area contributed by atoms with E-state index < -0.39 is 0 Å². The zero-order valence-corrected chi connectivity index (χ0v) is 10.7. The van der Waals surface area contributed by atoms with Gasteiger partial charge in [-0.15, -0.1) is 0 Å². The maximum atomic E-state index is 12.1. The lowest BCUT2D eigenvalue weighted by molar-refractivity contribution is -0.134. The Balaban J connectivity index is 4.61. The lowest BCUT2D eigenvalue weighted by Crippen LogP contribution is -2.39. The first-order valence-electron chi connectivity index (χ1n) is 5.83. The van der Waals surface area contributed by atoms with Gasteiger partial charge in [-0.1, -0.05) is 48.0 Å². The van der Waals surface area contributed by atoms with E-state index in [4.69, 9.17) is 0 Å². The fourth-order valence-corrected chi connectivity index (χ4v) is 1.76. The van der Waals surface area contributed by atoms with Crippen LogP contribution in [0.2, 0.25) is 0 Å². The van der Waals surface area contributed by atoms with Gasteiger partial charge in [0.1, 0.15) is 5.78 Å². The fourth-order valence-electron chi connectivity index (χ4n) is 1.76. The normalized spacial score (nSPS) is 16.4. The quantitative estimate of drug-likeness (QED) is 0.647. The molecule has 1 nitrogen and oxygen atoms in total. The molecule has 1 atom stereocenters. The van der Waals surface area contributed by atoms with E-state index in [1.807, 2.05) is 0 Å². The van der Waals surface area contributed by atoms with Crippen molar-refractivity contribution in [3.8, 4) is 0 Å². The summed E-state index contributed by atoms with van der Waals surface area (Å²) in [6.07, 6.45) is 3.83. The number of Topliss-reactive ketones (excluding diaryl/α,β-unsaturated/α-hetero) is 1. The number of hydrogen-bond donors (Lipinski definition) is 0. The van der Waals surface area contributed by atoms with Gasteiger partial charge in [-0.25, -0.2) is 0 Å². The predicted molar refractivity (Wildman–Crippen MR) is 62.4 cm³/mol. The zero-order chi connectivity index (χ0) is 11.4. The van der Waals surface area contributed by atoms with Gasteiger partial charge in [0, 0.05) is 11.8 Å². The highest BCUT2D eigenvalue weighted by Gasteiger charge is 2.41. The van der Waals surface area contributed by atoms with Gasteiger partial charge >= 0.3 is 0 Å². The van der Waals surface area contributed by atoms with Crippen LogP contribution in [0.5, 0.6) is 0 Å². The topological polar surface area (TPSA) is 17.1 Å². The average molecular weight is 198 g/mol. The number of ketones is 1. The van der Waals surface area contributed by atoms with E-state index in [2.05, 4.69) is 41.5 Å². The summed E-state index contributed by atoms with van der Waals surface area (Å²) < 4.78 is 0. The van der Waals surface area contributed by atoms with Crippen LogP contribution in [0.3, 0.4) is 0 Å². The highest BCUT2D eigenvalue weighted by atomic mass is 16.1. The molecule has 0 heterocycles. The van der Waals surface area contributed by atoms with Crippen molar-refractivity contribution in [3.05, 3.63) is 0 Å². The van der Waals surface area contributed by atoms with Gasteiger partial charge in [-0.2, -0.15) is 0 Å². The Hall–Kier alpha value is -0.330. The van der Waals surface area contributed by atoms with Crippen LogP contribution in [0.15, 0.2) is 0 Å². The summed E-state index contributed by atoms with van der Waals surface area (Å²) >= 11 is 0. The summed E-state index contributed by atoms with van der Waals surface area (Å²) in [5, 5.41) is 0. The Morgan fingerprint density at radius 2 is 1.57 bits per heavy atom. The average Bonchev–Trinajstić information content (AvgIpc) is 2.10. The highest BCUT2D eigenvalue weighted by molar-refractivity contribution is 5.85. The zero-order valence-electron chi connectivity index (χ0n) is 10.7. The van der Waals surface area contributed by atoms with E-state index >= 15 is 0 Å². The molecule has 0 aliphatic carbocycles. The van der Waals surface area contributed by atoms with Crippen molar-refractivity contribution in [3.63, 3.8) is 0 Å². The minimum atomic E-state index is -0.151. The molecule has 0 amide bonds. The summed E-state index contributed by atoms with van der Waals surface area (Å²) in [6.45, 7) is 12.9. The molecule has 0 saturated heterocycles. The fraction of sp³-hybridized carbons (Fsp3) is 0.923. The molecule has 0 fully saturated rings. The second kappa shape index (κ2) is 4.95. The Morgan fingerprint density at radius 3 is 1.86 bits per heavy atom. The second-order valence-electron chi connectivity index (χ2n) is 5.46. The number of rotatable bonds is 5. The minimum absolute atomic E-state index is 0.0760. The molecule has 0 aromatic carbocycles. The lowest BCUT2D eigenvalue weighted by Gasteiger charge is -2.40. The summed E-state index contributed by atoms with van der Waals surface area (Å²) in [6, 6.07) is 0. The molecule has 0 radical (unpaired) electrons. The molecule has 0 aromatic rings. The molecular formula is C13H26O.